The molecule has 3 aromatic carbocycles. The van der Waals surface area contributed by atoms with Gasteiger partial charge in [-0.3, -0.25) is 4.79 Å². The second-order valence-electron chi connectivity index (χ2n) is 6.31. The molecule has 1 fully saturated rings. The lowest BCUT2D eigenvalue weighted by molar-refractivity contribution is 0.102. The molecule has 1 N–H and O–H groups in total. The molecule has 1 saturated heterocycles. The normalized spacial score (nSPS) is 14.0. The molecule has 0 bridgehead atoms. The van der Waals surface area contributed by atoms with E-state index in [0.29, 0.717) is 10.6 Å². The second kappa shape index (κ2) is 6.77. The van der Waals surface area contributed by atoms with Crippen LogP contribution in [0.15, 0.2) is 60.7 Å². The highest BCUT2D eigenvalue weighted by Gasteiger charge is 2.20. The molecule has 3 aromatic rings. The number of amides is 1. The van der Waals surface area contributed by atoms with Gasteiger partial charge in [-0.1, -0.05) is 54.1 Å². The van der Waals surface area contributed by atoms with Crippen molar-refractivity contribution in [2.24, 2.45) is 0 Å². The van der Waals surface area contributed by atoms with Gasteiger partial charge < -0.3 is 10.2 Å². The fourth-order valence-electron chi connectivity index (χ4n) is 3.49. The van der Waals surface area contributed by atoms with Crippen LogP contribution < -0.4 is 10.2 Å². The summed E-state index contributed by atoms with van der Waals surface area (Å²) in [5, 5.41) is 5.76. The number of hydrogen-bond donors (Lipinski definition) is 1. The van der Waals surface area contributed by atoms with Gasteiger partial charge in [0.25, 0.3) is 5.91 Å². The number of carbonyl (C=O) groups excluding carboxylic acids is 1. The zero-order valence-electron chi connectivity index (χ0n) is 13.8. The van der Waals surface area contributed by atoms with E-state index in [1.165, 1.54) is 0 Å². The first-order valence-corrected chi connectivity index (χ1v) is 8.94. The Morgan fingerprint density at radius 2 is 1.64 bits per heavy atom. The van der Waals surface area contributed by atoms with Crippen molar-refractivity contribution in [1.29, 1.82) is 0 Å². The second-order valence-corrected chi connectivity index (χ2v) is 6.72. The Morgan fingerprint density at radius 3 is 2.48 bits per heavy atom. The Hall–Kier alpha value is -2.52. The van der Waals surface area contributed by atoms with Crippen LogP contribution in [0, 0.1) is 0 Å². The number of nitrogens with zero attached hydrogens (tertiary/aromatic N) is 1. The Kier molecular flexibility index (Phi) is 4.33. The molecule has 4 rings (SSSR count). The van der Waals surface area contributed by atoms with Crippen LogP contribution in [-0.4, -0.2) is 19.0 Å². The summed E-state index contributed by atoms with van der Waals surface area (Å²) >= 11 is 6.44. The van der Waals surface area contributed by atoms with Crippen LogP contribution in [0.5, 0.6) is 0 Å². The van der Waals surface area contributed by atoms with E-state index in [0.717, 1.165) is 48.1 Å². The Balaban J connectivity index is 1.70. The van der Waals surface area contributed by atoms with Gasteiger partial charge >= 0.3 is 0 Å². The number of para-hydroxylation sites is 1. The van der Waals surface area contributed by atoms with Crippen molar-refractivity contribution in [3.05, 3.63) is 71.2 Å². The van der Waals surface area contributed by atoms with Crippen LogP contribution in [-0.2, 0) is 0 Å². The SMILES string of the molecule is O=C(Nc1cccc(Cl)c1N1CCCC1)c1cccc2ccccc12. The van der Waals surface area contributed by atoms with E-state index in [2.05, 4.69) is 10.2 Å². The molecule has 1 amide bonds. The minimum atomic E-state index is -0.112. The van der Waals surface area contributed by atoms with Crippen LogP contribution in [0.25, 0.3) is 10.8 Å². The highest BCUT2D eigenvalue weighted by atomic mass is 35.5. The lowest BCUT2D eigenvalue weighted by atomic mass is 10.0. The number of halogens is 1. The van der Waals surface area contributed by atoms with Crippen molar-refractivity contribution in [2.75, 3.05) is 23.3 Å². The number of anilines is 2. The Labute approximate surface area is 152 Å². The van der Waals surface area contributed by atoms with Gasteiger partial charge in [-0.15, -0.1) is 0 Å². The summed E-state index contributed by atoms with van der Waals surface area (Å²) in [7, 11) is 0. The van der Waals surface area contributed by atoms with E-state index in [1.54, 1.807) is 0 Å². The maximum Gasteiger partial charge on any atom is 0.256 e. The fourth-order valence-corrected chi connectivity index (χ4v) is 3.79. The van der Waals surface area contributed by atoms with Gasteiger partial charge in [0.2, 0.25) is 0 Å². The largest absolute Gasteiger partial charge is 0.369 e. The van der Waals surface area contributed by atoms with E-state index in [-0.39, 0.29) is 5.91 Å². The van der Waals surface area contributed by atoms with Crippen molar-refractivity contribution < 1.29 is 4.79 Å². The molecular weight excluding hydrogens is 332 g/mol. The highest BCUT2D eigenvalue weighted by Crippen LogP contribution is 2.36. The monoisotopic (exact) mass is 350 g/mol. The smallest absolute Gasteiger partial charge is 0.256 e. The van der Waals surface area contributed by atoms with Gasteiger partial charge in [0.15, 0.2) is 0 Å². The molecule has 0 atom stereocenters. The molecular formula is C21H19ClN2O. The zero-order chi connectivity index (χ0) is 17.2. The van der Waals surface area contributed by atoms with Gasteiger partial charge in [0.05, 0.1) is 16.4 Å². The summed E-state index contributed by atoms with van der Waals surface area (Å²) in [4.78, 5) is 15.2. The quantitative estimate of drug-likeness (QED) is 0.691. The van der Waals surface area contributed by atoms with Gasteiger partial charge in [0.1, 0.15) is 0 Å². The van der Waals surface area contributed by atoms with Crippen molar-refractivity contribution in [3.63, 3.8) is 0 Å². The van der Waals surface area contributed by atoms with Crippen LogP contribution >= 0.6 is 11.6 Å². The van der Waals surface area contributed by atoms with Crippen molar-refractivity contribution in [1.82, 2.24) is 0 Å². The first-order chi connectivity index (χ1) is 12.2. The number of benzene rings is 3. The molecule has 0 radical (unpaired) electrons. The summed E-state index contributed by atoms with van der Waals surface area (Å²) in [6, 6.07) is 19.4. The van der Waals surface area contributed by atoms with Crippen LogP contribution in [0.4, 0.5) is 11.4 Å². The van der Waals surface area contributed by atoms with Crippen molar-refractivity contribution in [3.8, 4) is 0 Å². The summed E-state index contributed by atoms with van der Waals surface area (Å²) < 4.78 is 0. The lowest BCUT2D eigenvalue weighted by Crippen LogP contribution is -2.21. The highest BCUT2D eigenvalue weighted by molar-refractivity contribution is 6.34. The van der Waals surface area contributed by atoms with E-state index in [9.17, 15) is 4.79 Å². The van der Waals surface area contributed by atoms with Crippen LogP contribution in [0.1, 0.15) is 23.2 Å². The first-order valence-electron chi connectivity index (χ1n) is 8.56. The van der Waals surface area contributed by atoms with E-state index in [1.807, 2.05) is 60.7 Å². The molecule has 0 aliphatic carbocycles. The fraction of sp³-hybridized carbons (Fsp3) is 0.190. The third-order valence-electron chi connectivity index (χ3n) is 4.69. The van der Waals surface area contributed by atoms with Crippen molar-refractivity contribution >= 4 is 39.7 Å². The molecule has 1 aliphatic rings. The molecule has 0 unspecified atom stereocenters. The molecule has 1 heterocycles. The topological polar surface area (TPSA) is 32.3 Å². The van der Waals surface area contributed by atoms with Gasteiger partial charge in [-0.25, -0.2) is 0 Å². The molecule has 0 saturated carbocycles. The predicted molar refractivity (Wildman–Crippen MR) is 105 cm³/mol. The van der Waals surface area contributed by atoms with Gasteiger partial charge in [0, 0.05) is 18.7 Å². The maximum atomic E-state index is 12.9. The summed E-state index contributed by atoms with van der Waals surface area (Å²) in [6.45, 7) is 1.95. The predicted octanol–water partition coefficient (Wildman–Crippen LogP) is 5.35. The van der Waals surface area contributed by atoms with Gasteiger partial charge in [-0.2, -0.15) is 0 Å². The minimum Gasteiger partial charge on any atom is -0.369 e. The standard InChI is InChI=1S/C21H19ClN2O/c22-18-11-6-12-19(20(18)24-13-3-4-14-24)23-21(25)17-10-5-8-15-7-1-2-9-16(15)17/h1-2,5-12H,3-4,13-14H2,(H,23,25). The molecule has 0 aromatic heterocycles. The average Bonchev–Trinajstić information content (AvgIpc) is 3.15. The van der Waals surface area contributed by atoms with Crippen LogP contribution in [0.2, 0.25) is 5.02 Å². The van der Waals surface area contributed by atoms with E-state index in [4.69, 9.17) is 11.6 Å². The summed E-state index contributed by atoms with van der Waals surface area (Å²) in [6.07, 6.45) is 2.31. The summed E-state index contributed by atoms with van der Waals surface area (Å²) in [5.41, 5.74) is 2.37. The molecule has 126 valence electrons. The molecule has 0 spiro atoms. The Bertz CT molecular complexity index is 927. The third kappa shape index (κ3) is 3.08. The third-order valence-corrected chi connectivity index (χ3v) is 5.00. The number of fused-ring (bicyclic) bond motifs is 1. The minimum absolute atomic E-state index is 0.112. The Morgan fingerprint density at radius 1 is 0.920 bits per heavy atom. The van der Waals surface area contributed by atoms with Crippen LogP contribution in [0.3, 0.4) is 0 Å². The van der Waals surface area contributed by atoms with E-state index >= 15 is 0 Å². The number of rotatable bonds is 3. The molecule has 4 heteroatoms. The molecule has 1 aliphatic heterocycles. The number of hydrogen-bond acceptors (Lipinski definition) is 2. The maximum absolute atomic E-state index is 12.9. The molecule has 25 heavy (non-hydrogen) atoms. The summed E-state index contributed by atoms with van der Waals surface area (Å²) in [5.74, 6) is -0.112. The lowest BCUT2D eigenvalue weighted by Gasteiger charge is -2.23. The first kappa shape index (κ1) is 16.0. The molecule has 3 nitrogen and oxygen atoms in total. The van der Waals surface area contributed by atoms with Crippen molar-refractivity contribution in [2.45, 2.75) is 12.8 Å². The average molecular weight is 351 g/mol. The number of nitrogens with one attached hydrogen (secondary N) is 1. The zero-order valence-corrected chi connectivity index (χ0v) is 14.6. The number of carbonyl (C=O) groups is 1. The van der Waals surface area contributed by atoms with E-state index < -0.39 is 0 Å². The van der Waals surface area contributed by atoms with Gasteiger partial charge in [-0.05, 0) is 41.8 Å².